The molecule has 2 aromatic rings. The molecule has 0 saturated carbocycles. The molecule has 1 aliphatic rings. The van der Waals surface area contributed by atoms with Gasteiger partial charge in [0.1, 0.15) is 5.82 Å². The van der Waals surface area contributed by atoms with Gasteiger partial charge < -0.3 is 4.90 Å². The molecule has 1 aliphatic heterocycles. The lowest BCUT2D eigenvalue weighted by Gasteiger charge is -2.36. The van der Waals surface area contributed by atoms with Crippen molar-refractivity contribution >= 4 is 17.7 Å². The third kappa shape index (κ3) is 4.29. The highest BCUT2D eigenvalue weighted by atomic mass is 32.2. The van der Waals surface area contributed by atoms with Crippen molar-refractivity contribution in [2.24, 2.45) is 0 Å². The van der Waals surface area contributed by atoms with Crippen LogP contribution in [0, 0.1) is 5.82 Å². The number of hydrogen-bond donors (Lipinski definition) is 0. The van der Waals surface area contributed by atoms with E-state index in [0.717, 1.165) is 25.8 Å². The van der Waals surface area contributed by atoms with Crippen molar-refractivity contribution in [2.75, 3.05) is 6.54 Å². The van der Waals surface area contributed by atoms with E-state index in [0.29, 0.717) is 29.1 Å². The van der Waals surface area contributed by atoms with Crippen molar-refractivity contribution in [1.29, 1.82) is 0 Å². The number of rotatable bonds is 7. The highest BCUT2D eigenvalue weighted by molar-refractivity contribution is 8.00. The fourth-order valence-corrected chi connectivity index (χ4v) is 4.60. The molecule has 2 atom stereocenters. The molecule has 0 N–H and O–H groups in total. The molecule has 0 spiro atoms. The topological polar surface area (TPSA) is 51.0 Å². The van der Waals surface area contributed by atoms with Gasteiger partial charge in [0.2, 0.25) is 5.91 Å². The molecule has 2 heterocycles. The zero-order valence-corrected chi connectivity index (χ0v) is 17.3. The van der Waals surface area contributed by atoms with Gasteiger partial charge in [0.05, 0.1) is 10.8 Å². The van der Waals surface area contributed by atoms with Crippen LogP contribution >= 0.6 is 11.8 Å². The van der Waals surface area contributed by atoms with E-state index in [-0.39, 0.29) is 17.0 Å². The Morgan fingerprint density at radius 2 is 2.18 bits per heavy atom. The summed E-state index contributed by atoms with van der Waals surface area (Å²) in [7, 11) is 0. The number of likely N-dealkylation sites (tertiary alicyclic amines) is 1. The van der Waals surface area contributed by atoms with Crippen molar-refractivity contribution in [3.8, 4) is 11.4 Å². The number of hydrogen-bond acceptors (Lipinski definition) is 4. The summed E-state index contributed by atoms with van der Waals surface area (Å²) in [6.07, 6.45) is 6.02. The van der Waals surface area contributed by atoms with E-state index in [1.165, 1.54) is 24.2 Å². The molecular formula is C21H27FN4OS. The number of aromatic nitrogens is 3. The molecule has 2 unspecified atom stereocenters. The lowest BCUT2D eigenvalue weighted by atomic mass is 10.00. The number of amides is 1. The number of carbonyl (C=O) groups excluding carboxylic acids is 1. The van der Waals surface area contributed by atoms with Gasteiger partial charge in [-0.1, -0.05) is 36.9 Å². The van der Waals surface area contributed by atoms with Gasteiger partial charge in [-0.15, -0.1) is 16.8 Å². The highest BCUT2D eigenvalue weighted by Gasteiger charge is 2.30. The average molecular weight is 403 g/mol. The van der Waals surface area contributed by atoms with Crippen molar-refractivity contribution in [1.82, 2.24) is 19.7 Å². The summed E-state index contributed by atoms with van der Waals surface area (Å²) < 4.78 is 16.1. The summed E-state index contributed by atoms with van der Waals surface area (Å²) in [4.78, 5) is 15.1. The van der Waals surface area contributed by atoms with E-state index in [1.807, 2.05) is 16.4 Å². The number of piperidine rings is 1. The largest absolute Gasteiger partial charge is 0.339 e. The Morgan fingerprint density at radius 3 is 2.89 bits per heavy atom. The zero-order valence-electron chi connectivity index (χ0n) is 16.5. The molecule has 1 amide bonds. The predicted molar refractivity (Wildman–Crippen MR) is 111 cm³/mol. The number of nitrogens with zero attached hydrogens (tertiary/aromatic N) is 4. The minimum Gasteiger partial charge on any atom is -0.339 e. The molecule has 0 radical (unpaired) electrons. The third-order valence-electron chi connectivity index (χ3n) is 5.15. The van der Waals surface area contributed by atoms with Gasteiger partial charge in [-0.05, 0) is 44.7 Å². The number of carbonyl (C=O) groups is 1. The molecule has 5 nitrogen and oxygen atoms in total. The van der Waals surface area contributed by atoms with Crippen LogP contribution in [0.25, 0.3) is 11.4 Å². The number of halogens is 1. The first-order valence-corrected chi connectivity index (χ1v) is 10.7. The van der Waals surface area contributed by atoms with Crippen LogP contribution < -0.4 is 0 Å². The molecule has 150 valence electrons. The van der Waals surface area contributed by atoms with Crippen LogP contribution in [0.5, 0.6) is 0 Å². The van der Waals surface area contributed by atoms with Crippen LogP contribution in [-0.4, -0.2) is 43.4 Å². The van der Waals surface area contributed by atoms with E-state index in [1.54, 1.807) is 24.3 Å². The van der Waals surface area contributed by atoms with Crippen LogP contribution in [0.4, 0.5) is 4.39 Å². The Balaban J connectivity index is 1.83. The second-order valence-corrected chi connectivity index (χ2v) is 8.34. The standard InChI is InChI=1S/C21H27FN4OS/c1-4-13-26-19(17-11-6-7-12-18(17)22)23-24-21(26)28-15(3)20(27)25-14-9-8-10-16(25)5-2/h4,6-7,11-12,15-16H,1,5,8-10,13-14H2,2-3H3. The molecule has 1 fully saturated rings. The Hall–Kier alpha value is -2.15. The van der Waals surface area contributed by atoms with Crippen LogP contribution in [0.2, 0.25) is 0 Å². The first-order valence-electron chi connectivity index (χ1n) is 9.83. The van der Waals surface area contributed by atoms with Gasteiger partial charge in [0.25, 0.3) is 0 Å². The zero-order chi connectivity index (χ0) is 20.1. The molecule has 28 heavy (non-hydrogen) atoms. The SMILES string of the molecule is C=CCn1c(SC(C)C(=O)N2CCCCC2CC)nnc1-c1ccccc1F. The summed E-state index contributed by atoms with van der Waals surface area (Å²) in [5.74, 6) is 0.238. The van der Waals surface area contributed by atoms with E-state index in [2.05, 4.69) is 23.7 Å². The molecule has 0 aliphatic carbocycles. The summed E-state index contributed by atoms with van der Waals surface area (Å²) in [6.45, 7) is 9.10. The number of thioether (sulfide) groups is 1. The fraction of sp³-hybridized carbons (Fsp3) is 0.476. The Bertz CT molecular complexity index is 838. The minimum atomic E-state index is -0.347. The second-order valence-electron chi connectivity index (χ2n) is 7.03. The summed E-state index contributed by atoms with van der Waals surface area (Å²) in [5.41, 5.74) is 0.393. The maximum Gasteiger partial charge on any atom is 0.236 e. The quantitative estimate of drug-likeness (QED) is 0.504. The lowest BCUT2D eigenvalue weighted by molar-refractivity contribution is -0.134. The van der Waals surface area contributed by atoms with Crippen LogP contribution in [0.15, 0.2) is 42.1 Å². The molecule has 1 aromatic heterocycles. The maximum atomic E-state index is 14.2. The van der Waals surface area contributed by atoms with Crippen LogP contribution in [-0.2, 0) is 11.3 Å². The van der Waals surface area contributed by atoms with E-state index in [9.17, 15) is 9.18 Å². The first-order chi connectivity index (χ1) is 13.6. The van der Waals surface area contributed by atoms with Gasteiger partial charge in [0.15, 0.2) is 11.0 Å². The van der Waals surface area contributed by atoms with Crippen molar-refractivity contribution in [2.45, 2.75) is 62.5 Å². The maximum absolute atomic E-state index is 14.2. The van der Waals surface area contributed by atoms with Crippen LogP contribution in [0.1, 0.15) is 39.5 Å². The minimum absolute atomic E-state index is 0.136. The molecule has 7 heteroatoms. The third-order valence-corrected chi connectivity index (χ3v) is 6.22. The van der Waals surface area contributed by atoms with E-state index >= 15 is 0 Å². The first kappa shape index (κ1) is 20.6. The van der Waals surface area contributed by atoms with E-state index < -0.39 is 0 Å². The Morgan fingerprint density at radius 1 is 1.39 bits per heavy atom. The monoisotopic (exact) mass is 402 g/mol. The molecule has 3 rings (SSSR count). The van der Waals surface area contributed by atoms with Gasteiger partial charge in [0, 0.05) is 19.1 Å². The molecular weight excluding hydrogens is 375 g/mol. The highest BCUT2D eigenvalue weighted by Crippen LogP contribution is 2.30. The smallest absolute Gasteiger partial charge is 0.236 e. The van der Waals surface area contributed by atoms with Crippen LogP contribution in [0.3, 0.4) is 0 Å². The van der Waals surface area contributed by atoms with Crippen molar-refractivity contribution < 1.29 is 9.18 Å². The van der Waals surface area contributed by atoms with Crippen molar-refractivity contribution in [3.63, 3.8) is 0 Å². The molecule has 0 bridgehead atoms. The van der Waals surface area contributed by atoms with Gasteiger partial charge in [-0.25, -0.2) is 4.39 Å². The van der Waals surface area contributed by atoms with Gasteiger partial charge >= 0.3 is 0 Å². The molecule has 1 aromatic carbocycles. The van der Waals surface area contributed by atoms with Gasteiger partial charge in [-0.3, -0.25) is 9.36 Å². The summed E-state index contributed by atoms with van der Waals surface area (Å²) in [5, 5.41) is 8.77. The number of benzene rings is 1. The normalized spacial score (nSPS) is 18.1. The van der Waals surface area contributed by atoms with E-state index in [4.69, 9.17) is 0 Å². The fourth-order valence-electron chi connectivity index (χ4n) is 3.67. The Kier molecular flexibility index (Phi) is 6.88. The summed E-state index contributed by atoms with van der Waals surface area (Å²) in [6, 6.07) is 6.83. The predicted octanol–water partition coefficient (Wildman–Crippen LogP) is 4.54. The average Bonchev–Trinajstić information content (AvgIpc) is 3.10. The van der Waals surface area contributed by atoms with Gasteiger partial charge in [-0.2, -0.15) is 0 Å². The lowest BCUT2D eigenvalue weighted by Crippen LogP contribution is -2.46. The summed E-state index contributed by atoms with van der Waals surface area (Å²) >= 11 is 1.37. The second kappa shape index (κ2) is 9.37. The number of allylic oxidation sites excluding steroid dienone is 1. The van der Waals surface area contributed by atoms with Crippen molar-refractivity contribution in [3.05, 3.63) is 42.7 Å². The molecule has 1 saturated heterocycles. The Labute approximate surface area is 170 Å².